The molecule has 10 rings (SSSR count). The lowest BCUT2D eigenvalue weighted by Crippen LogP contribution is -2.10. The molecule has 6 aromatic carbocycles. The molecule has 0 unspecified atom stereocenters. The third-order valence-electron chi connectivity index (χ3n) is 11.3. The Morgan fingerprint density at radius 3 is 0.847 bits per heavy atom. The zero-order valence-electron chi connectivity index (χ0n) is 38.8. The molecule has 0 aliphatic rings. The number of aromatic nitrogens is 15. The number of rotatable bonds is 15. The maximum absolute atomic E-state index is 13.2. The van der Waals surface area contributed by atoms with Crippen LogP contribution in [0.3, 0.4) is 0 Å². The van der Waals surface area contributed by atoms with Gasteiger partial charge >= 0.3 is 0 Å². The number of carbonyl (C=O) groups is 3. The largest absolute Gasteiger partial charge is 0.289 e. The fraction of sp³-hybridized carbons (Fsp3) is 0.0556. The van der Waals surface area contributed by atoms with Gasteiger partial charge in [-0.2, -0.15) is 14.0 Å². The van der Waals surface area contributed by atoms with Gasteiger partial charge in [-0.15, -0.1) is 15.3 Å². The third kappa shape index (κ3) is 10.1. The Hall–Kier alpha value is -10.2. The summed E-state index contributed by atoms with van der Waals surface area (Å²) in [7, 11) is 0. The van der Waals surface area contributed by atoms with Crippen molar-refractivity contribution < 1.29 is 14.4 Å². The van der Waals surface area contributed by atoms with Gasteiger partial charge in [0.15, 0.2) is 17.3 Å². The van der Waals surface area contributed by atoms with Crippen molar-refractivity contribution in [2.24, 2.45) is 0 Å². The Balaban J connectivity index is 0.984. The summed E-state index contributed by atoms with van der Waals surface area (Å²) in [6.45, 7) is 6.01. The number of hydrogen-bond acceptors (Lipinski definition) is 15. The summed E-state index contributed by atoms with van der Waals surface area (Å²) in [6, 6.07) is 43.9. The number of benzene rings is 6. The van der Waals surface area contributed by atoms with Gasteiger partial charge < -0.3 is 0 Å². The maximum atomic E-state index is 13.2. The minimum absolute atomic E-state index is 0.00657. The van der Waals surface area contributed by atoms with E-state index in [4.69, 9.17) is 15.0 Å². The van der Waals surface area contributed by atoms with Crippen molar-refractivity contribution in [2.75, 3.05) is 0 Å². The lowest BCUT2D eigenvalue weighted by atomic mass is 10.1. The fourth-order valence-corrected chi connectivity index (χ4v) is 7.32. The van der Waals surface area contributed by atoms with Crippen molar-refractivity contribution in [1.82, 2.24) is 75.6 Å². The summed E-state index contributed by atoms with van der Waals surface area (Å²) >= 11 is 0. The predicted molar refractivity (Wildman–Crippen MR) is 268 cm³/mol. The van der Waals surface area contributed by atoms with Gasteiger partial charge in [0, 0.05) is 16.7 Å². The van der Waals surface area contributed by atoms with Gasteiger partial charge in [-0.05, 0) is 160 Å². The first kappa shape index (κ1) is 45.5. The molecule has 0 saturated carbocycles. The summed E-state index contributed by atoms with van der Waals surface area (Å²) < 4.78 is 4.24. The van der Waals surface area contributed by atoms with Crippen molar-refractivity contribution in [3.63, 3.8) is 0 Å². The van der Waals surface area contributed by atoms with Crippen LogP contribution in [0.4, 0.5) is 0 Å². The van der Waals surface area contributed by atoms with Crippen LogP contribution in [-0.4, -0.2) is 92.9 Å². The molecule has 0 saturated heterocycles. The highest BCUT2D eigenvalue weighted by Crippen LogP contribution is 2.26. The number of ketones is 3. The smallest absolute Gasteiger partial charge is 0.224 e. The van der Waals surface area contributed by atoms with Crippen LogP contribution in [0.5, 0.6) is 0 Å². The first-order valence-corrected chi connectivity index (χ1v) is 22.4. The average Bonchev–Trinajstić information content (AvgIpc) is 4.23. The Bertz CT molecular complexity index is 3290. The van der Waals surface area contributed by atoms with Crippen LogP contribution in [0, 0.1) is 20.8 Å². The quantitative estimate of drug-likeness (QED) is 0.0695. The van der Waals surface area contributed by atoms with Gasteiger partial charge in [0.1, 0.15) is 0 Å². The van der Waals surface area contributed by atoms with E-state index in [0.717, 1.165) is 33.4 Å². The molecule has 0 fully saturated rings. The highest BCUT2D eigenvalue weighted by Gasteiger charge is 2.25. The van der Waals surface area contributed by atoms with Crippen LogP contribution in [0.25, 0.3) is 70.2 Å². The normalized spacial score (nSPS) is 11.5. The number of aryl methyl sites for hydroxylation is 3. The molecule has 4 heterocycles. The second-order valence-corrected chi connectivity index (χ2v) is 16.5. The minimum Gasteiger partial charge on any atom is -0.289 e. The molecule has 0 amide bonds. The van der Waals surface area contributed by atoms with E-state index in [1.54, 1.807) is 91.0 Å². The zero-order chi connectivity index (χ0) is 49.6. The van der Waals surface area contributed by atoms with Crippen molar-refractivity contribution in [1.29, 1.82) is 0 Å². The van der Waals surface area contributed by atoms with E-state index in [1.165, 1.54) is 32.3 Å². The number of allylic oxidation sites excluding steroid dienone is 3. The topological polar surface area (TPSA) is 221 Å². The lowest BCUT2D eigenvalue weighted by Gasteiger charge is -2.09. The molecule has 0 N–H and O–H groups in total. The van der Waals surface area contributed by atoms with Crippen molar-refractivity contribution >= 4 is 35.6 Å². The van der Waals surface area contributed by atoms with Crippen LogP contribution in [0.2, 0.25) is 0 Å². The molecule has 0 atom stereocenters. The van der Waals surface area contributed by atoms with Crippen LogP contribution in [0.15, 0.2) is 164 Å². The van der Waals surface area contributed by atoms with Gasteiger partial charge in [-0.25, -0.2) is 15.0 Å². The Kier molecular flexibility index (Phi) is 12.8. The van der Waals surface area contributed by atoms with Crippen molar-refractivity contribution in [3.05, 3.63) is 214 Å². The first-order valence-electron chi connectivity index (χ1n) is 22.4. The van der Waals surface area contributed by atoms with Crippen molar-refractivity contribution in [3.8, 4) is 52.0 Å². The van der Waals surface area contributed by atoms with Crippen molar-refractivity contribution in [2.45, 2.75) is 20.8 Å². The molecule has 348 valence electrons. The van der Waals surface area contributed by atoms with Crippen LogP contribution < -0.4 is 0 Å². The van der Waals surface area contributed by atoms with E-state index in [9.17, 15) is 14.4 Å². The SMILES string of the molecule is Cc1ccc(/C=C/C(=O)c2ccc(-n3nnnc3-c3nc(-c4nnnn4-c4ccc(C(=O)/C=C/c5ccc(C)cc5)cc4)nc(-c4nnnn4-c4ccc(C(=O)/C=C/c5ccc(C)cc5)cc4)n3)cc2)cc1. The molecule has 4 aromatic heterocycles. The first-order chi connectivity index (χ1) is 35.1. The van der Waals surface area contributed by atoms with Gasteiger partial charge in [0.05, 0.1) is 17.1 Å². The average molecular weight is 946 g/mol. The van der Waals surface area contributed by atoms with E-state index >= 15 is 0 Å². The number of carbonyl (C=O) groups excluding carboxylic acids is 3. The molecule has 72 heavy (non-hydrogen) atoms. The standard InChI is InChI=1S/C54H39N15O3/c1-34-4-10-37(11-5-34)16-31-46(70)40-19-25-43(26-20-40)67-52(58-61-64-67)49-55-50(53-59-62-65-68(53)44-27-21-41(22-28-44)47(71)32-17-38-12-6-35(2)7-13-38)57-51(56-49)54-60-63-66-69(54)45-29-23-42(24-30-45)48(72)33-18-39-14-8-36(3)9-15-39/h4-33H,1-3H3/b31-16+,32-17+,33-18+. The van der Waals surface area contributed by atoms with Gasteiger partial charge in [-0.3, -0.25) is 14.4 Å². The molecule has 0 spiro atoms. The molecule has 0 radical (unpaired) electrons. The molecular weight excluding hydrogens is 907 g/mol. The van der Waals surface area contributed by atoms with E-state index < -0.39 is 0 Å². The van der Waals surface area contributed by atoms with E-state index in [2.05, 4.69) is 46.6 Å². The van der Waals surface area contributed by atoms with E-state index in [0.29, 0.717) is 33.8 Å². The summed E-state index contributed by atoms with van der Waals surface area (Å²) in [5.74, 6) is -0.289. The minimum atomic E-state index is -0.186. The van der Waals surface area contributed by atoms with Crippen LogP contribution in [-0.2, 0) is 0 Å². The summed E-state index contributed by atoms with van der Waals surface area (Å²) in [4.78, 5) is 53.8. The summed E-state index contributed by atoms with van der Waals surface area (Å²) in [5.41, 5.74) is 8.94. The van der Waals surface area contributed by atoms with E-state index in [-0.39, 0.29) is 52.3 Å². The predicted octanol–water partition coefficient (Wildman–Crippen LogP) is 8.41. The molecule has 10 aromatic rings. The number of nitrogens with zero attached hydrogens (tertiary/aromatic N) is 15. The van der Waals surface area contributed by atoms with Gasteiger partial charge in [0.25, 0.3) is 0 Å². The molecular formula is C54H39N15O3. The Morgan fingerprint density at radius 2 is 0.597 bits per heavy atom. The summed E-state index contributed by atoms with van der Waals surface area (Å²) in [6.07, 6.45) is 9.87. The lowest BCUT2D eigenvalue weighted by molar-refractivity contribution is 0.103. The van der Waals surface area contributed by atoms with Gasteiger partial charge in [0.2, 0.25) is 34.9 Å². The molecule has 0 aliphatic heterocycles. The second-order valence-electron chi connectivity index (χ2n) is 16.5. The second kappa shape index (κ2) is 20.2. The maximum Gasteiger partial charge on any atom is 0.224 e. The highest BCUT2D eigenvalue weighted by atomic mass is 16.1. The zero-order valence-corrected chi connectivity index (χ0v) is 38.8. The Labute approximate surface area is 410 Å². The fourth-order valence-electron chi connectivity index (χ4n) is 7.32. The van der Waals surface area contributed by atoms with Crippen LogP contribution in [0.1, 0.15) is 64.5 Å². The molecule has 18 heteroatoms. The molecule has 0 aliphatic carbocycles. The summed E-state index contributed by atoms with van der Waals surface area (Å²) in [5, 5.41) is 37.5. The Morgan fingerprint density at radius 1 is 0.347 bits per heavy atom. The highest BCUT2D eigenvalue weighted by molar-refractivity contribution is 6.08. The molecule has 18 nitrogen and oxygen atoms in total. The monoisotopic (exact) mass is 945 g/mol. The number of tetrazole rings is 3. The van der Waals surface area contributed by atoms with E-state index in [1.807, 2.05) is 93.6 Å². The molecule has 0 bridgehead atoms. The van der Waals surface area contributed by atoms with Crippen LogP contribution >= 0.6 is 0 Å². The number of hydrogen-bond donors (Lipinski definition) is 0. The third-order valence-corrected chi connectivity index (χ3v) is 11.3. The van der Waals surface area contributed by atoms with Gasteiger partial charge in [-0.1, -0.05) is 108 Å².